The van der Waals surface area contributed by atoms with Gasteiger partial charge in [-0.25, -0.2) is 0 Å². The third kappa shape index (κ3) is 2.61. The number of piperidine rings is 1. The molecule has 3 heteroatoms. The molecule has 2 heterocycles. The molecule has 0 aromatic carbocycles. The quantitative estimate of drug-likeness (QED) is 0.822. The minimum atomic E-state index is -0.518. The maximum atomic E-state index is 10.4. The molecular weight excluding hydrogens is 190 g/mol. The average Bonchev–Trinajstić information content (AvgIpc) is 2.71. The topological polar surface area (TPSA) is 36.6 Å². The molecular formula is C12H19NO2. The van der Waals surface area contributed by atoms with Gasteiger partial charge < -0.3 is 14.4 Å². The molecule has 0 amide bonds. The minimum Gasteiger partial charge on any atom is -0.472 e. The number of nitrogens with zero attached hydrogens (tertiary/aromatic N) is 1. The molecule has 2 rings (SSSR count). The lowest BCUT2D eigenvalue weighted by molar-refractivity contribution is -0.0195. The number of hydrogen-bond donors (Lipinski definition) is 1. The zero-order valence-corrected chi connectivity index (χ0v) is 9.28. The number of hydrogen-bond acceptors (Lipinski definition) is 3. The van der Waals surface area contributed by atoms with Crippen LogP contribution >= 0.6 is 0 Å². The fraction of sp³-hybridized carbons (Fsp3) is 0.667. The molecule has 1 aliphatic rings. The predicted molar refractivity (Wildman–Crippen MR) is 58.7 cm³/mol. The summed E-state index contributed by atoms with van der Waals surface area (Å²) in [6.45, 7) is 5.26. The van der Waals surface area contributed by atoms with Crippen molar-refractivity contribution in [2.24, 2.45) is 0 Å². The van der Waals surface area contributed by atoms with Gasteiger partial charge in [0.2, 0.25) is 0 Å². The lowest BCUT2D eigenvalue weighted by Crippen LogP contribution is -2.45. The molecule has 3 nitrogen and oxygen atoms in total. The first-order chi connectivity index (χ1) is 7.22. The maximum Gasteiger partial charge on any atom is 0.0935 e. The molecule has 1 N–H and O–H groups in total. The van der Waals surface area contributed by atoms with Crippen molar-refractivity contribution >= 4 is 0 Å². The molecule has 0 radical (unpaired) electrons. The molecule has 0 bridgehead atoms. The fourth-order valence-corrected chi connectivity index (χ4v) is 2.24. The summed E-state index contributed by atoms with van der Waals surface area (Å²) in [6, 6.07) is 1.93. The van der Waals surface area contributed by atoms with Crippen LogP contribution in [0.25, 0.3) is 0 Å². The molecule has 0 aliphatic carbocycles. The van der Waals surface area contributed by atoms with E-state index < -0.39 is 5.60 Å². The lowest BCUT2D eigenvalue weighted by atomic mass is 9.86. The van der Waals surface area contributed by atoms with Gasteiger partial charge in [-0.15, -0.1) is 0 Å². The molecule has 1 saturated heterocycles. The Bertz CT molecular complexity index is 287. The van der Waals surface area contributed by atoms with E-state index in [1.807, 2.05) is 6.07 Å². The summed E-state index contributed by atoms with van der Waals surface area (Å²) >= 11 is 0. The first-order valence-corrected chi connectivity index (χ1v) is 5.68. The molecule has 0 spiro atoms. The normalized spacial score (nSPS) is 21.7. The van der Waals surface area contributed by atoms with Gasteiger partial charge in [-0.05, 0) is 31.0 Å². The van der Waals surface area contributed by atoms with Crippen LogP contribution in [0.5, 0.6) is 0 Å². The maximum absolute atomic E-state index is 10.4. The van der Waals surface area contributed by atoms with E-state index in [-0.39, 0.29) is 0 Å². The van der Waals surface area contributed by atoms with Crippen molar-refractivity contribution in [1.82, 2.24) is 4.90 Å². The molecule has 1 aliphatic heterocycles. The van der Waals surface area contributed by atoms with E-state index in [9.17, 15) is 5.11 Å². The third-order valence-corrected chi connectivity index (χ3v) is 3.35. The van der Waals surface area contributed by atoms with Crippen molar-refractivity contribution in [3.8, 4) is 0 Å². The Balaban J connectivity index is 1.92. The van der Waals surface area contributed by atoms with Crippen molar-refractivity contribution in [2.75, 3.05) is 19.6 Å². The van der Waals surface area contributed by atoms with Gasteiger partial charge in [-0.1, -0.05) is 6.92 Å². The zero-order chi connectivity index (χ0) is 10.7. The van der Waals surface area contributed by atoms with Crippen LogP contribution in [-0.4, -0.2) is 35.2 Å². The van der Waals surface area contributed by atoms with Crippen LogP contribution in [0.15, 0.2) is 23.0 Å². The van der Waals surface area contributed by atoms with Crippen LogP contribution in [0, 0.1) is 0 Å². The standard InChI is InChI=1S/C12H19NO2/c1-2-13-6-4-12(14,5-7-13)9-11-3-8-15-10-11/h3,8,10,14H,2,4-7,9H2,1H3. The summed E-state index contributed by atoms with van der Waals surface area (Å²) in [5, 5.41) is 10.4. The Hall–Kier alpha value is -0.800. The predicted octanol–water partition coefficient (Wildman–Crippen LogP) is 1.67. The van der Waals surface area contributed by atoms with Crippen LogP contribution < -0.4 is 0 Å². The third-order valence-electron chi connectivity index (χ3n) is 3.35. The summed E-state index contributed by atoms with van der Waals surface area (Å²) in [5.41, 5.74) is 0.581. The van der Waals surface area contributed by atoms with Gasteiger partial charge in [0.25, 0.3) is 0 Å². The number of rotatable bonds is 3. The first kappa shape index (κ1) is 10.7. The van der Waals surface area contributed by atoms with E-state index in [2.05, 4.69) is 11.8 Å². The molecule has 84 valence electrons. The summed E-state index contributed by atoms with van der Waals surface area (Å²) < 4.78 is 5.02. The summed E-state index contributed by atoms with van der Waals surface area (Å²) in [6.07, 6.45) is 5.85. The van der Waals surface area contributed by atoms with Gasteiger partial charge in [0.15, 0.2) is 0 Å². The van der Waals surface area contributed by atoms with Crippen LogP contribution in [0.3, 0.4) is 0 Å². The summed E-state index contributed by atoms with van der Waals surface area (Å²) in [5.74, 6) is 0. The molecule has 0 unspecified atom stereocenters. The largest absolute Gasteiger partial charge is 0.472 e. The Morgan fingerprint density at radius 1 is 1.47 bits per heavy atom. The van der Waals surface area contributed by atoms with E-state index in [4.69, 9.17) is 4.42 Å². The second kappa shape index (κ2) is 4.37. The number of likely N-dealkylation sites (tertiary alicyclic amines) is 1. The molecule has 1 aromatic rings. The van der Waals surface area contributed by atoms with Gasteiger partial charge in [0, 0.05) is 19.5 Å². The smallest absolute Gasteiger partial charge is 0.0935 e. The van der Waals surface area contributed by atoms with E-state index in [0.717, 1.165) is 44.5 Å². The van der Waals surface area contributed by atoms with Gasteiger partial charge >= 0.3 is 0 Å². The minimum absolute atomic E-state index is 0.518. The van der Waals surface area contributed by atoms with E-state index in [1.54, 1.807) is 12.5 Å². The molecule has 1 fully saturated rings. The van der Waals surface area contributed by atoms with Gasteiger partial charge in [-0.3, -0.25) is 0 Å². The van der Waals surface area contributed by atoms with Crippen LogP contribution in [0.4, 0.5) is 0 Å². The van der Waals surface area contributed by atoms with Gasteiger partial charge in [-0.2, -0.15) is 0 Å². The van der Waals surface area contributed by atoms with Crippen molar-refractivity contribution in [1.29, 1.82) is 0 Å². The Morgan fingerprint density at radius 3 is 2.73 bits per heavy atom. The summed E-state index contributed by atoms with van der Waals surface area (Å²) in [7, 11) is 0. The monoisotopic (exact) mass is 209 g/mol. The Labute approximate surface area is 90.7 Å². The van der Waals surface area contributed by atoms with Crippen LogP contribution in [0.1, 0.15) is 25.3 Å². The highest BCUT2D eigenvalue weighted by Crippen LogP contribution is 2.26. The highest BCUT2D eigenvalue weighted by atomic mass is 16.3. The van der Waals surface area contributed by atoms with Crippen molar-refractivity contribution in [2.45, 2.75) is 31.8 Å². The van der Waals surface area contributed by atoms with Crippen molar-refractivity contribution < 1.29 is 9.52 Å². The van der Waals surface area contributed by atoms with Crippen LogP contribution in [0.2, 0.25) is 0 Å². The lowest BCUT2D eigenvalue weighted by Gasteiger charge is -2.37. The first-order valence-electron chi connectivity index (χ1n) is 5.68. The Morgan fingerprint density at radius 2 is 2.20 bits per heavy atom. The molecule has 0 saturated carbocycles. The van der Waals surface area contributed by atoms with Crippen LogP contribution in [-0.2, 0) is 6.42 Å². The van der Waals surface area contributed by atoms with E-state index >= 15 is 0 Å². The summed E-state index contributed by atoms with van der Waals surface area (Å²) in [4.78, 5) is 2.38. The fourth-order valence-electron chi connectivity index (χ4n) is 2.24. The van der Waals surface area contributed by atoms with Crippen molar-refractivity contribution in [3.05, 3.63) is 24.2 Å². The second-order valence-corrected chi connectivity index (χ2v) is 4.47. The Kier molecular flexibility index (Phi) is 3.12. The molecule has 15 heavy (non-hydrogen) atoms. The molecule has 0 atom stereocenters. The number of furan rings is 1. The van der Waals surface area contributed by atoms with E-state index in [1.165, 1.54) is 0 Å². The van der Waals surface area contributed by atoms with E-state index in [0.29, 0.717) is 0 Å². The average molecular weight is 209 g/mol. The zero-order valence-electron chi connectivity index (χ0n) is 9.28. The molecule has 1 aromatic heterocycles. The second-order valence-electron chi connectivity index (χ2n) is 4.47. The van der Waals surface area contributed by atoms with Crippen molar-refractivity contribution in [3.63, 3.8) is 0 Å². The highest BCUT2D eigenvalue weighted by Gasteiger charge is 2.31. The van der Waals surface area contributed by atoms with Gasteiger partial charge in [0.05, 0.1) is 18.1 Å². The SMILES string of the molecule is CCN1CCC(O)(Cc2ccoc2)CC1. The highest BCUT2D eigenvalue weighted by molar-refractivity contribution is 5.10. The number of aliphatic hydroxyl groups is 1. The van der Waals surface area contributed by atoms with Gasteiger partial charge in [0.1, 0.15) is 0 Å².